The summed E-state index contributed by atoms with van der Waals surface area (Å²) < 4.78 is 10.5. The molecule has 0 spiro atoms. The van der Waals surface area contributed by atoms with Crippen molar-refractivity contribution in [1.29, 1.82) is 0 Å². The molecule has 1 aromatic carbocycles. The van der Waals surface area contributed by atoms with Crippen LogP contribution in [0.15, 0.2) is 12.1 Å². The summed E-state index contributed by atoms with van der Waals surface area (Å²) in [6.45, 7) is 1.41. The molecule has 0 aromatic heterocycles. The lowest BCUT2D eigenvalue weighted by Gasteiger charge is -2.29. The Bertz CT molecular complexity index is 454. The maximum atomic E-state index is 12.0. The van der Waals surface area contributed by atoms with E-state index in [1.807, 2.05) is 0 Å². The smallest absolute Gasteiger partial charge is 0.179 e. The van der Waals surface area contributed by atoms with Crippen LogP contribution in [0, 0.1) is 5.92 Å². The summed E-state index contributed by atoms with van der Waals surface area (Å²) in [7, 11) is 1.46. The van der Waals surface area contributed by atoms with E-state index < -0.39 is 12.0 Å². The fourth-order valence-electron chi connectivity index (χ4n) is 1.95. The molecule has 2 N–H and O–H groups in total. The third-order valence-corrected chi connectivity index (χ3v) is 2.95. The summed E-state index contributed by atoms with van der Waals surface area (Å²) in [5, 5.41) is 18.9. The molecule has 92 valence electrons. The molecule has 1 aromatic rings. The number of aromatic hydroxyl groups is 1. The molecular formula is C12H14O5. The Balaban J connectivity index is 2.52. The van der Waals surface area contributed by atoms with Gasteiger partial charge in [-0.2, -0.15) is 0 Å². The number of hydrogen-bond donors (Lipinski definition) is 2. The fourth-order valence-corrected chi connectivity index (χ4v) is 1.95. The van der Waals surface area contributed by atoms with E-state index in [4.69, 9.17) is 14.6 Å². The second kappa shape index (κ2) is 4.25. The molecule has 0 unspecified atom stereocenters. The number of fused-ring (bicyclic) bond motifs is 1. The van der Waals surface area contributed by atoms with Crippen molar-refractivity contribution in [2.45, 2.75) is 13.0 Å². The lowest BCUT2D eigenvalue weighted by Crippen LogP contribution is -2.37. The number of aliphatic hydroxyl groups excluding tert-OH is 1. The van der Waals surface area contributed by atoms with Crippen molar-refractivity contribution in [2.75, 3.05) is 13.7 Å². The van der Waals surface area contributed by atoms with Crippen LogP contribution >= 0.6 is 0 Å². The second-order valence-electron chi connectivity index (χ2n) is 4.00. The first-order chi connectivity index (χ1) is 8.08. The van der Waals surface area contributed by atoms with Crippen LogP contribution < -0.4 is 9.47 Å². The molecule has 1 aliphatic heterocycles. The lowest BCUT2D eigenvalue weighted by atomic mass is 9.90. The van der Waals surface area contributed by atoms with Crippen LogP contribution in [0.3, 0.4) is 0 Å². The Hall–Kier alpha value is -1.75. The third-order valence-electron chi connectivity index (χ3n) is 2.95. The molecule has 5 nitrogen and oxygen atoms in total. The van der Waals surface area contributed by atoms with Gasteiger partial charge in [-0.05, 0) is 6.92 Å². The Morgan fingerprint density at radius 1 is 1.47 bits per heavy atom. The minimum Gasteiger partial charge on any atom is -0.507 e. The molecule has 0 bridgehead atoms. The molecule has 0 radical (unpaired) electrons. The average molecular weight is 238 g/mol. The summed E-state index contributed by atoms with van der Waals surface area (Å²) in [5.74, 6) is -0.411. The Kier molecular flexibility index (Phi) is 2.93. The standard InChI is InChI=1S/C12H14O5/c1-6-8(5-13)12(15)11-9(14)3-7(16-2)4-10(11)17-6/h3-4,6,8,13-14H,5H2,1-2H3/t6-,8-/m0/s1. The minimum atomic E-state index is -0.637. The minimum absolute atomic E-state index is 0.114. The SMILES string of the molecule is COc1cc(O)c2c(c1)O[C@@H](C)[C@H](CO)C2=O. The van der Waals surface area contributed by atoms with Crippen LogP contribution in [0.5, 0.6) is 17.2 Å². The van der Waals surface area contributed by atoms with Gasteiger partial charge in [-0.3, -0.25) is 4.79 Å². The maximum absolute atomic E-state index is 12.0. The molecule has 5 heteroatoms. The molecule has 1 aliphatic rings. The van der Waals surface area contributed by atoms with E-state index in [1.165, 1.54) is 13.2 Å². The van der Waals surface area contributed by atoms with Gasteiger partial charge in [0.15, 0.2) is 5.78 Å². The molecule has 1 heterocycles. The number of aliphatic hydroxyl groups is 1. The van der Waals surface area contributed by atoms with Crippen molar-refractivity contribution >= 4 is 5.78 Å². The number of phenolic OH excluding ortho intramolecular Hbond substituents is 1. The molecule has 2 atom stereocenters. The molecule has 0 saturated carbocycles. The van der Waals surface area contributed by atoms with E-state index in [9.17, 15) is 9.90 Å². The topological polar surface area (TPSA) is 76.0 Å². The summed E-state index contributed by atoms with van der Waals surface area (Å²) in [6.07, 6.45) is -0.425. The third kappa shape index (κ3) is 1.82. The number of phenols is 1. The van der Waals surface area contributed by atoms with Gasteiger partial charge in [-0.15, -0.1) is 0 Å². The molecule has 0 fully saturated rings. The second-order valence-corrected chi connectivity index (χ2v) is 4.00. The predicted molar refractivity (Wildman–Crippen MR) is 59.7 cm³/mol. The van der Waals surface area contributed by atoms with Gasteiger partial charge in [0.1, 0.15) is 28.9 Å². The highest BCUT2D eigenvalue weighted by Crippen LogP contribution is 2.39. The van der Waals surface area contributed by atoms with Crippen LogP contribution in [-0.2, 0) is 0 Å². The number of ether oxygens (including phenoxy) is 2. The van der Waals surface area contributed by atoms with E-state index in [-0.39, 0.29) is 23.7 Å². The first-order valence-electron chi connectivity index (χ1n) is 5.31. The van der Waals surface area contributed by atoms with Gasteiger partial charge in [-0.25, -0.2) is 0 Å². The lowest BCUT2D eigenvalue weighted by molar-refractivity contribution is 0.0549. The molecule has 0 saturated heterocycles. The van der Waals surface area contributed by atoms with Gasteiger partial charge >= 0.3 is 0 Å². The van der Waals surface area contributed by atoms with E-state index in [0.717, 1.165) is 0 Å². The zero-order valence-electron chi connectivity index (χ0n) is 9.64. The quantitative estimate of drug-likeness (QED) is 0.803. The number of carbonyl (C=O) groups is 1. The number of carbonyl (C=O) groups excluding carboxylic acids is 1. The van der Waals surface area contributed by atoms with Gasteiger partial charge in [-0.1, -0.05) is 0 Å². The highest BCUT2D eigenvalue weighted by molar-refractivity contribution is 6.04. The van der Waals surface area contributed by atoms with Crippen molar-refractivity contribution in [2.24, 2.45) is 5.92 Å². The van der Waals surface area contributed by atoms with Crippen LogP contribution in [0.1, 0.15) is 17.3 Å². The van der Waals surface area contributed by atoms with Gasteiger partial charge in [0, 0.05) is 12.1 Å². The average Bonchev–Trinajstić information content (AvgIpc) is 2.28. The number of methoxy groups -OCH3 is 1. The molecule has 17 heavy (non-hydrogen) atoms. The zero-order valence-corrected chi connectivity index (χ0v) is 9.64. The number of ketones is 1. The summed E-state index contributed by atoms with van der Waals surface area (Å²) >= 11 is 0. The Labute approximate surface area is 98.6 Å². The number of rotatable bonds is 2. The number of Topliss-reactive ketones (excluding diaryl/α,β-unsaturated/α-hetero) is 1. The molecule has 2 rings (SSSR count). The molecule has 0 aliphatic carbocycles. The van der Waals surface area contributed by atoms with Gasteiger partial charge in [0.2, 0.25) is 0 Å². The van der Waals surface area contributed by atoms with Crippen molar-refractivity contribution in [3.63, 3.8) is 0 Å². The van der Waals surface area contributed by atoms with E-state index in [2.05, 4.69) is 0 Å². The van der Waals surface area contributed by atoms with Crippen LogP contribution in [0.25, 0.3) is 0 Å². The van der Waals surface area contributed by atoms with Crippen LogP contribution in [0.4, 0.5) is 0 Å². The van der Waals surface area contributed by atoms with Crippen LogP contribution in [0.2, 0.25) is 0 Å². The zero-order chi connectivity index (χ0) is 12.6. The Morgan fingerprint density at radius 3 is 2.76 bits per heavy atom. The summed E-state index contributed by atoms with van der Waals surface area (Å²) in [4.78, 5) is 12.0. The van der Waals surface area contributed by atoms with Gasteiger partial charge in [0.25, 0.3) is 0 Å². The fraction of sp³-hybridized carbons (Fsp3) is 0.417. The Morgan fingerprint density at radius 2 is 2.18 bits per heavy atom. The van der Waals surface area contributed by atoms with Crippen molar-refractivity contribution in [3.05, 3.63) is 17.7 Å². The number of hydrogen-bond acceptors (Lipinski definition) is 5. The first kappa shape index (κ1) is 11.7. The predicted octanol–water partition coefficient (Wildman–Crippen LogP) is 0.973. The summed E-state index contributed by atoms with van der Waals surface area (Å²) in [6, 6.07) is 2.90. The van der Waals surface area contributed by atoms with E-state index in [1.54, 1.807) is 13.0 Å². The van der Waals surface area contributed by atoms with Gasteiger partial charge in [0.05, 0.1) is 19.6 Å². The highest BCUT2D eigenvalue weighted by Gasteiger charge is 2.36. The highest BCUT2D eigenvalue weighted by atomic mass is 16.5. The molecule has 0 amide bonds. The van der Waals surface area contributed by atoms with Gasteiger partial charge < -0.3 is 19.7 Å². The van der Waals surface area contributed by atoms with Crippen molar-refractivity contribution in [3.8, 4) is 17.2 Å². The monoisotopic (exact) mass is 238 g/mol. The summed E-state index contributed by atoms with van der Waals surface area (Å²) in [5.41, 5.74) is 0.114. The van der Waals surface area contributed by atoms with E-state index in [0.29, 0.717) is 11.5 Å². The maximum Gasteiger partial charge on any atom is 0.179 e. The number of benzene rings is 1. The molecular weight excluding hydrogens is 224 g/mol. The van der Waals surface area contributed by atoms with Crippen LogP contribution in [-0.4, -0.2) is 35.8 Å². The first-order valence-corrected chi connectivity index (χ1v) is 5.31. The largest absolute Gasteiger partial charge is 0.507 e. The van der Waals surface area contributed by atoms with Crippen molar-refractivity contribution < 1.29 is 24.5 Å². The normalized spacial score (nSPS) is 22.9. The van der Waals surface area contributed by atoms with E-state index >= 15 is 0 Å². The van der Waals surface area contributed by atoms with Crippen molar-refractivity contribution in [1.82, 2.24) is 0 Å².